The van der Waals surface area contributed by atoms with Gasteiger partial charge in [0.15, 0.2) is 20.7 Å². The third-order valence-corrected chi connectivity index (χ3v) is 26.9. The van der Waals surface area contributed by atoms with E-state index in [-0.39, 0.29) is 119 Å². The van der Waals surface area contributed by atoms with Gasteiger partial charge in [0.25, 0.3) is 23.6 Å². The topological polar surface area (TPSA) is 434 Å². The maximum absolute atomic E-state index is 15.0. The molecule has 1 aromatic carbocycles. The lowest BCUT2D eigenvalue weighted by Crippen LogP contribution is -2.50. The van der Waals surface area contributed by atoms with Crippen LogP contribution in [0.3, 0.4) is 0 Å². The van der Waals surface area contributed by atoms with Crippen LogP contribution >= 0.6 is 69.7 Å². The Labute approximate surface area is 731 Å². The Balaban J connectivity index is 0.000000143. The number of thioether (sulfide) groups is 4. The highest BCUT2D eigenvalue weighted by Crippen LogP contribution is 2.52. The zero-order chi connectivity index (χ0) is 89.2. The van der Waals surface area contributed by atoms with Crippen molar-refractivity contribution in [3.8, 4) is 23.0 Å². The number of carbonyl (C=O) groups is 4. The largest absolute Gasteiger partial charge is 0.433 e. The molecule has 7 aromatic heterocycles. The van der Waals surface area contributed by atoms with Crippen LogP contribution in [0, 0.1) is 42.2 Å². The second-order valence-corrected chi connectivity index (χ2v) is 35.6. The van der Waals surface area contributed by atoms with Crippen LogP contribution in [0.1, 0.15) is 122 Å². The molecule has 16 rings (SSSR count). The number of thiazole rings is 2. The summed E-state index contributed by atoms with van der Waals surface area (Å²) in [6.07, 6.45) is 9.11. The molecule has 0 aliphatic carbocycles. The summed E-state index contributed by atoms with van der Waals surface area (Å²) in [6, 6.07) is 15.5. The number of fused-ring (bicyclic) bond motifs is 4. The lowest BCUT2D eigenvalue weighted by molar-refractivity contribution is -0.0507. The Morgan fingerprint density at radius 2 is 0.848 bits per heavy atom. The van der Waals surface area contributed by atoms with Gasteiger partial charge < -0.3 is 82.1 Å². The quantitative estimate of drug-likeness (QED) is 0.0329. The van der Waals surface area contributed by atoms with Gasteiger partial charge in [-0.05, 0) is 139 Å². The number of alkyl halides is 8. The van der Waals surface area contributed by atoms with Crippen LogP contribution in [0.25, 0.3) is 0 Å². The van der Waals surface area contributed by atoms with Crippen LogP contribution in [-0.2, 0) is 41.1 Å². The number of aliphatic imine (C=N–C) groups is 4. The van der Waals surface area contributed by atoms with Gasteiger partial charge in [-0.2, -0.15) is 35.1 Å². The van der Waals surface area contributed by atoms with Crippen molar-refractivity contribution in [2.45, 2.75) is 133 Å². The Bertz CT molecular complexity index is 5170. The molecule has 0 saturated carbocycles. The van der Waals surface area contributed by atoms with Gasteiger partial charge in [0.05, 0.1) is 81.8 Å². The maximum Gasteiger partial charge on any atom is 0.387 e. The molecular formula is C78H81F10N19O12S6. The van der Waals surface area contributed by atoms with Gasteiger partial charge in [-0.15, -0.1) is 11.3 Å². The first-order valence-electron chi connectivity index (χ1n) is 38.3. The van der Waals surface area contributed by atoms with Crippen molar-refractivity contribution in [1.29, 1.82) is 0 Å². The van der Waals surface area contributed by atoms with Gasteiger partial charge in [0.1, 0.15) is 112 Å². The number of amides is 4. The van der Waals surface area contributed by atoms with Crippen LogP contribution in [0.4, 0.5) is 66.2 Å². The van der Waals surface area contributed by atoms with Crippen molar-refractivity contribution < 1.29 is 101 Å². The number of ether oxygens (including phenoxy) is 8. The van der Waals surface area contributed by atoms with Crippen LogP contribution in [0.15, 0.2) is 129 Å². The number of carbonyl (C=O) groups excluding carboxylic acids is 4. The van der Waals surface area contributed by atoms with Crippen LogP contribution < -0.4 is 63.1 Å². The predicted molar refractivity (Wildman–Crippen MR) is 452 cm³/mol. The van der Waals surface area contributed by atoms with E-state index < -0.39 is 83.9 Å². The molecule has 8 aromatic rings. The highest BCUT2D eigenvalue weighted by atomic mass is 32.2. The van der Waals surface area contributed by atoms with Crippen molar-refractivity contribution in [3.63, 3.8) is 0 Å². The van der Waals surface area contributed by atoms with Crippen molar-refractivity contribution in [3.05, 3.63) is 170 Å². The zero-order valence-electron chi connectivity index (χ0n) is 66.7. The van der Waals surface area contributed by atoms with E-state index in [9.17, 15) is 63.1 Å². The van der Waals surface area contributed by atoms with E-state index in [1.165, 1.54) is 143 Å². The summed E-state index contributed by atoms with van der Waals surface area (Å²) in [5.41, 5.74) is 21.8. The SMILES string of the molecule is C[C@H]1C[C@H]2CSC(N)=N[C@@]2(c2cc(NC(=O)c3ccc(OC(F)F)cn3)ccc2F)CO1.C[C@H]1C[C@H]2CSC(N)=N[C@@]2(c2nc(NC(=O)c3ccc(OC(F)F)cn3)ccc2F)CO1.C[C@H]1C[C@H]2CSC(N)=N[C@@]2(c2ncc(NC(=O)c3ccc(OC(F)F)cn3)s2)CO1.Cc1cc(OC(F)F)cnc1C(=O)Nc1csc([C@]23CO[C@@H](C)C[C@H]2CSC(N)=N3)n1. The van der Waals surface area contributed by atoms with E-state index in [2.05, 4.69) is 85.1 Å². The molecule has 666 valence electrons. The average molecular weight is 1860 g/mol. The monoisotopic (exact) mass is 1860 g/mol. The highest BCUT2D eigenvalue weighted by molar-refractivity contribution is 8.14. The summed E-state index contributed by atoms with van der Waals surface area (Å²) < 4.78 is 169. The minimum Gasteiger partial charge on any atom is -0.433 e. The van der Waals surface area contributed by atoms with Crippen LogP contribution in [0.5, 0.6) is 23.0 Å². The number of nitrogens with one attached hydrogen (secondary N) is 4. The lowest BCUT2D eigenvalue weighted by atomic mass is 9.75. The Hall–Kier alpha value is -10.3. The van der Waals surface area contributed by atoms with Crippen molar-refractivity contribution in [2.75, 3.05) is 70.7 Å². The van der Waals surface area contributed by atoms with Gasteiger partial charge in [0.2, 0.25) is 0 Å². The second kappa shape index (κ2) is 40.1. The molecule has 0 radical (unpaired) electrons. The molecule has 12 atom stereocenters. The number of nitrogens with zero attached hydrogens (tertiary/aromatic N) is 11. The Morgan fingerprint density at radius 3 is 1.33 bits per heavy atom. The molecule has 47 heteroatoms. The number of amidine groups is 4. The molecule has 4 saturated heterocycles. The van der Waals surface area contributed by atoms with Crippen molar-refractivity contribution in [2.24, 2.45) is 66.6 Å². The molecular weight excluding hydrogens is 1780 g/mol. The predicted octanol–water partition coefficient (Wildman–Crippen LogP) is 13.4. The third kappa shape index (κ3) is 22.2. The maximum atomic E-state index is 15.0. The fraction of sp³-hybridized carbons (Fsp3) is 0.423. The summed E-state index contributed by atoms with van der Waals surface area (Å²) in [5.74, 6) is 0.0477. The van der Waals surface area contributed by atoms with Crippen LogP contribution in [0.2, 0.25) is 0 Å². The first-order chi connectivity index (χ1) is 59.6. The molecule has 0 unspecified atom stereocenters. The minimum absolute atomic E-state index is 0.00251. The van der Waals surface area contributed by atoms with E-state index in [1.54, 1.807) is 18.5 Å². The van der Waals surface area contributed by atoms with Crippen LogP contribution in [-0.4, -0.2) is 179 Å². The molecule has 12 N–H and O–H groups in total. The normalized spacial score (nSPS) is 25.5. The summed E-state index contributed by atoms with van der Waals surface area (Å²) >= 11 is 8.60. The summed E-state index contributed by atoms with van der Waals surface area (Å²) in [4.78, 5) is 97.7. The summed E-state index contributed by atoms with van der Waals surface area (Å²) in [6.45, 7) is -1.25. The fourth-order valence-electron chi connectivity index (χ4n) is 15.0. The molecule has 31 nitrogen and oxygen atoms in total. The lowest BCUT2D eigenvalue weighted by Gasteiger charge is -2.45. The van der Waals surface area contributed by atoms with Crippen molar-refractivity contribution >= 4 is 136 Å². The van der Waals surface area contributed by atoms with Gasteiger partial charge >= 0.3 is 26.4 Å². The summed E-state index contributed by atoms with van der Waals surface area (Å²) in [5, 5.41) is 16.0. The molecule has 0 spiro atoms. The minimum atomic E-state index is -3.00. The molecule has 8 aliphatic heterocycles. The Kier molecular flexibility index (Phi) is 29.7. The number of hydrogen-bond donors (Lipinski definition) is 8. The number of rotatable bonds is 20. The Morgan fingerprint density at radius 1 is 0.440 bits per heavy atom. The van der Waals surface area contributed by atoms with Gasteiger partial charge in [-0.25, -0.2) is 63.6 Å². The molecule has 125 heavy (non-hydrogen) atoms. The third-order valence-electron chi connectivity index (χ3n) is 21.0. The average Bonchev–Trinajstić information content (AvgIpc) is 1.51. The van der Waals surface area contributed by atoms with E-state index in [0.717, 1.165) is 59.1 Å². The number of aryl methyl sites for hydroxylation is 1. The number of hydrogen-bond acceptors (Lipinski definition) is 33. The standard InChI is InChI=1S/C21H21F3N4O3S.C20H20F3N5O3S.C19H21F2N5O3S2.C18H19F2N5O3S2/c1-11-6-12-9-32-20(25)28-21(12,10-30-11)15-7-13(2-4-16(15)22)27-18(29)17-5-3-14(8-26-17)31-19(23)24;1-10-6-11-8-32-19(24)28-20(11,9-30-10)16-13(21)3-5-15(26-16)27-17(29)14-4-2-12(7-25-14)31-18(22)23;1-9-3-12(29-17(20)21)5-23-14(9)15(27)24-13-7-30-16(25-13)19-8-28-10(2)4-11(19)6-31-18(22)26-19;1-9-4-10-7-29-17(21)25-18(10,8-27-9)15-23-6-13(30-15)24-14(26)12-3-2-11(5-22-12)28-16(19)20/h2-5,7-8,11-12,19H,6,9-10H2,1H3,(H2,25,28)(H,27,29);2-5,7,10-11,18H,6,8-9H2,1H3,(H2,24,28)(H,26,27,29);3,5,7,10-11,17H,4,6,8H2,1-2H3,(H2,22,26)(H,24,27);2-3,5-6,9-10,16H,4,7-8H2,1H3,(H2,21,25)(H,24,26)/t11-,12-,21-;10-,11-,20-;10-,11-,19-;9-,10-,18-/m0000/s1. The van der Waals surface area contributed by atoms with Gasteiger partial charge in [-0.3, -0.25) is 19.2 Å². The van der Waals surface area contributed by atoms with E-state index in [4.69, 9.17) is 51.9 Å². The van der Waals surface area contributed by atoms with E-state index in [0.29, 0.717) is 85.9 Å². The second-order valence-electron chi connectivity index (χ2n) is 29.6. The molecule has 4 amide bonds. The molecule has 8 aliphatic rings. The molecule has 0 bridgehead atoms. The van der Waals surface area contributed by atoms with E-state index >= 15 is 0 Å². The number of aromatic nitrogens is 7. The number of halogens is 10. The van der Waals surface area contributed by atoms with Crippen molar-refractivity contribution in [1.82, 2.24) is 34.9 Å². The van der Waals surface area contributed by atoms with Gasteiger partial charge in [0, 0.05) is 63.3 Å². The number of anilines is 4. The summed E-state index contributed by atoms with van der Waals surface area (Å²) in [7, 11) is 0. The zero-order valence-corrected chi connectivity index (χ0v) is 71.6. The first kappa shape index (κ1) is 92.4. The highest BCUT2D eigenvalue weighted by Gasteiger charge is 2.54. The fourth-order valence-corrected chi connectivity index (χ4v) is 21.0. The van der Waals surface area contributed by atoms with Gasteiger partial charge in [-0.1, -0.05) is 58.4 Å². The number of nitrogens with two attached hydrogens (primary N) is 4. The smallest absolute Gasteiger partial charge is 0.387 e. The van der Waals surface area contributed by atoms with E-state index in [1.807, 2.05) is 27.7 Å². The number of benzene rings is 1. The number of pyridine rings is 5. The first-order valence-corrected chi connectivity index (χ1v) is 44.0. The molecule has 15 heterocycles. The molecule has 4 fully saturated rings.